The summed E-state index contributed by atoms with van der Waals surface area (Å²) in [6.07, 6.45) is 1.09. The van der Waals surface area contributed by atoms with Crippen LogP contribution in [0.2, 0.25) is 0 Å². The summed E-state index contributed by atoms with van der Waals surface area (Å²) in [6.45, 7) is 9.38. The molecular weight excluding hydrogens is 294 g/mol. The molecule has 1 aliphatic heterocycles. The number of ether oxygens (including phenoxy) is 1. The summed E-state index contributed by atoms with van der Waals surface area (Å²) in [5.74, 6) is 0.926. The molecule has 1 heterocycles. The summed E-state index contributed by atoms with van der Waals surface area (Å²) in [5.41, 5.74) is 1.30. The maximum atomic E-state index is 5.50. The Labute approximate surface area is 139 Å². The van der Waals surface area contributed by atoms with Gasteiger partial charge in [0.25, 0.3) is 0 Å². The number of piperazine rings is 1. The van der Waals surface area contributed by atoms with Crippen LogP contribution >= 0.6 is 12.2 Å². The first-order valence-corrected chi connectivity index (χ1v) is 8.44. The fourth-order valence-electron chi connectivity index (χ4n) is 2.54. The highest BCUT2D eigenvalue weighted by atomic mass is 32.1. The van der Waals surface area contributed by atoms with Crippen LogP contribution in [0.15, 0.2) is 24.3 Å². The van der Waals surface area contributed by atoms with E-state index in [9.17, 15) is 0 Å². The Kier molecular flexibility index (Phi) is 6.46. The molecule has 1 N–H and O–H groups in total. The molecule has 4 nitrogen and oxygen atoms in total. The molecule has 0 saturated carbocycles. The number of thiocarbonyl (C=S) groups is 1. The van der Waals surface area contributed by atoms with Crippen LogP contribution in [0.1, 0.15) is 25.8 Å². The Morgan fingerprint density at radius 2 is 2.05 bits per heavy atom. The lowest BCUT2D eigenvalue weighted by atomic mass is 10.2. The molecule has 0 aliphatic carbocycles. The van der Waals surface area contributed by atoms with Gasteiger partial charge in [0, 0.05) is 38.8 Å². The molecule has 22 heavy (non-hydrogen) atoms. The van der Waals surface area contributed by atoms with E-state index in [1.807, 2.05) is 6.07 Å². The van der Waals surface area contributed by atoms with Crippen LogP contribution in [0.3, 0.4) is 0 Å². The van der Waals surface area contributed by atoms with E-state index in [1.54, 1.807) is 7.11 Å². The monoisotopic (exact) mass is 321 g/mol. The van der Waals surface area contributed by atoms with Gasteiger partial charge in [0.05, 0.1) is 7.11 Å². The zero-order valence-corrected chi connectivity index (χ0v) is 14.7. The third kappa shape index (κ3) is 4.85. The first kappa shape index (κ1) is 17.0. The lowest BCUT2D eigenvalue weighted by Crippen LogP contribution is -2.52. The molecule has 1 fully saturated rings. The highest BCUT2D eigenvalue weighted by molar-refractivity contribution is 7.80. The Hall–Kier alpha value is -1.33. The number of nitrogens with one attached hydrogen (secondary N) is 1. The van der Waals surface area contributed by atoms with Crippen molar-refractivity contribution in [1.82, 2.24) is 15.1 Å². The predicted molar refractivity (Wildman–Crippen MR) is 95.3 cm³/mol. The summed E-state index contributed by atoms with van der Waals surface area (Å²) in [7, 11) is 1.71. The highest BCUT2D eigenvalue weighted by Gasteiger charge is 2.19. The van der Waals surface area contributed by atoms with Crippen molar-refractivity contribution < 1.29 is 4.74 Å². The van der Waals surface area contributed by atoms with Gasteiger partial charge < -0.3 is 15.0 Å². The minimum atomic E-state index is 0.447. The second kappa shape index (κ2) is 8.34. The number of hydrogen-bond donors (Lipinski definition) is 1. The van der Waals surface area contributed by atoms with E-state index in [1.165, 1.54) is 5.56 Å². The summed E-state index contributed by atoms with van der Waals surface area (Å²) < 4.78 is 5.29. The fraction of sp³-hybridized carbons (Fsp3) is 0.588. The molecule has 0 radical (unpaired) electrons. The number of methoxy groups -OCH3 is 1. The molecule has 1 saturated heterocycles. The summed E-state index contributed by atoms with van der Waals surface area (Å²) in [4.78, 5) is 4.75. The van der Waals surface area contributed by atoms with Crippen LogP contribution in [0.5, 0.6) is 5.75 Å². The standard InChI is InChI=1S/C17H27N3OS/c1-4-14(2)18-17(22)20-10-8-19(9-11-20)13-15-6-5-7-16(12-15)21-3/h5-7,12,14H,4,8-11,13H2,1-3H3,(H,18,22). The van der Waals surface area contributed by atoms with Crippen LogP contribution in [0.4, 0.5) is 0 Å². The minimum absolute atomic E-state index is 0.447. The van der Waals surface area contributed by atoms with Crippen LogP contribution < -0.4 is 10.1 Å². The zero-order chi connectivity index (χ0) is 15.9. The normalized spacial score (nSPS) is 17.1. The molecule has 0 bridgehead atoms. The molecule has 1 unspecified atom stereocenters. The van der Waals surface area contributed by atoms with Crippen LogP contribution in [0, 0.1) is 0 Å². The number of benzene rings is 1. The second-order valence-corrected chi connectivity index (χ2v) is 6.26. The predicted octanol–water partition coefficient (Wildman–Crippen LogP) is 2.49. The average molecular weight is 321 g/mol. The molecule has 122 valence electrons. The highest BCUT2D eigenvalue weighted by Crippen LogP contribution is 2.15. The Morgan fingerprint density at radius 3 is 2.68 bits per heavy atom. The maximum absolute atomic E-state index is 5.50. The van der Waals surface area contributed by atoms with Gasteiger partial charge in [0.15, 0.2) is 5.11 Å². The first-order valence-electron chi connectivity index (χ1n) is 8.03. The van der Waals surface area contributed by atoms with Gasteiger partial charge in [-0.05, 0) is 43.3 Å². The van der Waals surface area contributed by atoms with Gasteiger partial charge in [-0.2, -0.15) is 0 Å². The van der Waals surface area contributed by atoms with Crippen molar-refractivity contribution in [2.24, 2.45) is 0 Å². The van der Waals surface area contributed by atoms with E-state index in [2.05, 4.69) is 47.2 Å². The summed E-state index contributed by atoms with van der Waals surface area (Å²) in [5, 5.41) is 4.30. The number of nitrogens with zero attached hydrogens (tertiary/aromatic N) is 2. The third-order valence-electron chi connectivity index (χ3n) is 4.18. The van der Waals surface area contributed by atoms with Crippen molar-refractivity contribution in [2.45, 2.75) is 32.9 Å². The van der Waals surface area contributed by atoms with Gasteiger partial charge >= 0.3 is 0 Å². The molecule has 1 aliphatic rings. The minimum Gasteiger partial charge on any atom is -0.497 e. The molecule has 1 aromatic rings. The van der Waals surface area contributed by atoms with Crippen molar-refractivity contribution in [2.75, 3.05) is 33.3 Å². The van der Waals surface area contributed by atoms with Gasteiger partial charge in [0.1, 0.15) is 5.75 Å². The van der Waals surface area contributed by atoms with Crippen LogP contribution in [-0.2, 0) is 6.54 Å². The van der Waals surface area contributed by atoms with E-state index < -0.39 is 0 Å². The van der Waals surface area contributed by atoms with E-state index >= 15 is 0 Å². The third-order valence-corrected chi connectivity index (χ3v) is 4.56. The van der Waals surface area contributed by atoms with Crippen molar-refractivity contribution in [3.8, 4) is 5.75 Å². The maximum Gasteiger partial charge on any atom is 0.169 e. The molecule has 0 spiro atoms. The average Bonchev–Trinajstić information content (AvgIpc) is 2.55. The first-order chi connectivity index (χ1) is 10.6. The van der Waals surface area contributed by atoms with E-state index in [0.29, 0.717) is 6.04 Å². The number of rotatable bonds is 5. The molecular formula is C17H27N3OS. The van der Waals surface area contributed by atoms with Crippen LogP contribution in [0.25, 0.3) is 0 Å². The van der Waals surface area contributed by atoms with Gasteiger partial charge in [-0.1, -0.05) is 19.1 Å². The number of hydrogen-bond acceptors (Lipinski definition) is 3. The van der Waals surface area contributed by atoms with Gasteiger partial charge in [-0.25, -0.2) is 0 Å². The lowest BCUT2D eigenvalue weighted by Gasteiger charge is -2.37. The summed E-state index contributed by atoms with van der Waals surface area (Å²) in [6, 6.07) is 8.75. The smallest absolute Gasteiger partial charge is 0.169 e. The Morgan fingerprint density at radius 1 is 1.32 bits per heavy atom. The van der Waals surface area contributed by atoms with E-state index in [0.717, 1.165) is 50.0 Å². The molecule has 0 amide bonds. The SMILES string of the molecule is CCC(C)NC(=S)N1CCN(Cc2cccc(OC)c2)CC1. The fourth-order valence-corrected chi connectivity index (χ4v) is 2.93. The van der Waals surface area contributed by atoms with Gasteiger partial charge in [-0.3, -0.25) is 4.90 Å². The topological polar surface area (TPSA) is 27.7 Å². The summed E-state index contributed by atoms with van der Waals surface area (Å²) >= 11 is 5.50. The molecule has 0 aromatic heterocycles. The lowest BCUT2D eigenvalue weighted by molar-refractivity contribution is 0.174. The quantitative estimate of drug-likeness (QED) is 0.841. The van der Waals surface area contributed by atoms with Crippen molar-refractivity contribution in [3.63, 3.8) is 0 Å². The van der Waals surface area contributed by atoms with Crippen molar-refractivity contribution in [1.29, 1.82) is 0 Å². The molecule has 2 rings (SSSR count). The molecule has 1 aromatic carbocycles. The largest absolute Gasteiger partial charge is 0.497 e. The zero-order valence-electron chi connectivity index (χ0n) is 13.8. The van der Waals surface area contributed by atoms with Crippen LogP contribution in [-0.4, -0.2) is 54.2 Å². The molecule has 5 heteroatoms. The van der Waals surface area contributed by atoms with Gasteiger partial charge in [-0.15, -0.1) is 0 Å². The Bertz CT molecular complexity index is 487. The van der Waals surface area contributed by atoms with E-state index in [-0.39, 0.29) is 0 Å². The second-order valence-electron chi connectivity index (χ2n) is 5.87. The Balaban J connectivity index is 1.80. The van der Waals surface area contributed by atoms with Gasteiger partial charge in [0.2, 0.25) is 0 Å². The van der Waals surface area contributed by atoms with Crippen molar-refractivity contribution in [3.05, 3.63) is 29.8 Å². The van der Waals surface area contributed by atoms with Crippen molar-refractivity contribution >= 4 is 17.3 Å². The molecule has 1 atom stereocenters. The van der Waals surface area contributed by atoms with E-state index in [4.69, 9.17) is 17.0 Å².